The van der Waals surface area contributed by atoms with Gasteiger partial charge in [-0.3, -0.25) is 0 Å². The van der Waals surface area contributed by atoms with Gasteiger partial charge in [-0.25, -0.2) is 0 Å². The minimum Gasteiger partial charge on any atom is -0.508 e. The summed E-state index contributed by atoms with van der Waals surface area (Å²) >= 11 is 1.43. The molecule has 1 aliphatic heterocycles. The molecule has 0 aliphatic carbocycles. The minimum absolute atomic E-state index is 0.106. The summed E-state index contributed by atoms with van der Waals surface area (Å²) in [6, 6.07) is 14.4. The number of anilines is 1. The Morgan fingerprint density at radius 3 is 2.62 bits per heavy atom. The first-order valence-corrected chi connectivity index (χ1v) is 8.72. The zero-order chi connectivity index (χ0) is 18.7. The molecule has 8 heteroatoms. The Morgan fingerprint density at radius 2 is 1.96 bits per heavy atom. The molecule has 0 radical (unpaired) electrons. The van der Waals surface area contributed by atoms with Crippen molar-refractivity contribution in [3.05, 3.63) is 77.5 Å². The standard InChI is InChI=1S/C18H19N3O4S/c1-12(22)14-8-9-15(16(10-14)25-2)20-21(23,24)17-11-26-18(19-17)13-6-4-3-5-7-13/h3-11,18-20,23-24H,1H2,2H3/p+1. The first-order valence-electron chi connectivity index (χ1n) is 7.77. The van der Waals surface area contributed by atoms with Gasteiger partial charge < -0.3 is 15.2 Å². The topological polar surface area (TPSA) is 94.0 Å². The fourth-order valence-electron chi connectivity index (χ4n) is 2.48. The molecule has 0 fully saturated rings. The van der Waals surface area contributed by atoms with Crippen molar-refractivity contribution in [2.75, 3.05) is 12.5 Å². The van der Waals surface area contributed by atoms with Crippen LogP contribution >= 0.6 is 11.8 Å². The fourth-order valence-corrected chi connectivity index (χ4v) is 3.46. The van der Waals surface area contributed by atoms with E-state index in [-0.39, 0.29) is 17.0 Å². The molecule has 0 saturated heterocycles. The summed E-state index contributed by atoms with van der Waals surface area (Å²) in [5.74, 6) is 0.390. The summed E-state index contributed by atoms with van der Waals surface area (Å²) in [6.45, 7) is 3.46. The van der Waals surface area contributed by atoms with Crippen molar-refractivity contribution in [3.63, 3.8) is 0 Å². The molecule has 0 bridgehead atoms. The van der Waals surface area contributed by atoms with E-state index in [1.54, 1.807) is 23.6 Å². The van der Waals surface area contributed by atoms with E-state index in [0.717, 1.165) is 5.56 Å². The predicted octanol–water partition coefficient (Wildman–Crippen LogP) is 3.98. The number of aliphatic hydroxyl groups excluding tert-OH is 1. The summed E-state index contributed by atoms with van der Waals surface area (Å²) in [5, 5.41) is 35.0. The Balaban J connectivity index is 1.76. The van der Waals surface area contributed by atoms with Crippen LogP contribution in [0.25, 0.3) is 5.76 Å². The van der Waals surface area contributed by atoms with E-state index in [0.29, 0.717) is 17.0 Å². The van der Waals surface area contributed by atoms with Gasteiger partial charge in [0.25, 0.3) is 0 Å². The number of rotatable bonds is 6. The average Bonchev–Trinajstić information content (AvgIpc) is 3.13. The largest absolute Gasteiger partial charge is 0.508 e. The molecule has 1 atom stereocenters. The van der Waals surface area contributed by atoms with Crippen LogP contribution in [0.4, 0.5) is 5.69 Å². The van der Waals surface area contributed by atoms with E-state index in [9.17, 15) is 15.5 Å². The van der Waals surface area contributed by atoms with E-state index in [1.165, 1.54) is 18.9 Å². The Hall–Kier alpha value is -2.65. The van der Waals surface area contributed by atoms with Gasteiger partial charge in [0.1, 0.15) is 22.6 Å². The van der Waals surface area contributed by atoms with Gasteiger partial charge >= 0.3 is 5.82 Å². The molecule has 0 amide bonds. The highest BCUT2D eigenvalue weighted by Crippen LogP contribution is 2.37. The van der Waals surface area contributed by atoms with Gasteiger partial charge in [0.2, 0.25) is 0 Å². The van der Waals surface area contributed by atoms with Crippen LogP contribution in [-0.4, -0.2) is 27.5 Å². The molecule has 1 unspecified atom stereocenters. The maximum absolute atomic E-state index is 10.4. The lowest BCUT2D eigenvalue weighted by Crippen LogP contribution is -2.49. The first kappa shape index (κ1) is 18.2. The zero-order valence-corrected chi connectivity index (χ0v) is 14.9. The van der Waals surface area contributed by atoms with Crippen LogP contribution in [0.5, 0.6) is 5.75 Å². The molecule has 136 valence electrons. The molecule has 2 aromatic carbocycles. The van der Waals surface area contributed by atoms with Crippen molar-refractivity contribution in [2.24, 2.45) is 0 Å². The minimum atomic E-state index is -1.58. The molecule has 26 heavy (non-hydrogen) atoms. The van der Waals surface area contributed by atoms with Crippen molar-refractivity contribution in [1.82, 2.24) is 5.32 Å². The number of methoxy groups -OCH3 is 1. The molecule has 0 spiro atoms. The summed E-state index contributed by atoms with van der Waals surface area (Å²) in [6.07, 6.45) is 0. The maximum atomic E-state index is 10.4. The second kappa shape index (κ2) is 7.30. The summed E-state index contributed by atoms with van der Waals surface area (Å²) in [5.41, 5.74) is 4.41. The second-order valence-corrected chi connectivity index (χ2v) is 6.63. The Labute approximate surface area is 155 Å². The molecule has 3 rings (SSSR count). The quantitative estimate of drug-likeness (QED) is 0.297. The van der Waals surface area contributed by atoms with Gasteiger partial charge in [-0.1, -0.05) is 48.7 Å². The highest BCUT2D eigenvalue weighted by atomic mass is 32.2. The molecular formula is C18H20N3O4S+. The van der Waals surface area contributed by atoms with Crippen LogP contribution in [0, 0.1) is 0 Å². The lowest BCUT2D eigenvalue weighted by atomic mass is 10.1. The second-order valence-electron chi connectivity index (χ2n) is 5.65. The lowest BCUT2D eigenvalue weighted by Gasteiger charge is -2.24. The van der Waals surface area contributed by atoms with Crippen molar-refractivity contribution in [1.29, 1.82) is 0 Å². The van der Waals surface area contributed by atoms with Crippen LogP contribution in [0.2, 0.25) is 0 Å². The first-order chi connectivity index (χ1) is 12.4. The number of aliphatic hydroxyl groups is 1. The fraction of sp³-hybridized carbons (Fsp3) is 0.111. The Morgan fingerprint density at radius 1 is 1.23 bits per heavy atom. The zero-order valence-electron chi connectivity index (χ0n) is 14.1. The van der Waals surface area contributed by atoms with Crippen LogP contribution in [0.15, 0.2) is 66.3 Å². The number of hydrogen-bond acceptors (Lipinski definition) is 7. The van der Waals surface area contributed by atoms with Gasteiger partial charge in [0, 0.05) is 5.56 Å². The molecule has 5 N–H and O–H groups in total. The third-order valence-electron chi connectivity index (χ3n) is 3.84. The van der Waals surface area contributed by atoms with Crippen LogP contribution in [0.3, 0.4) is 0 Å². The molecule has 2 aromatic rings. The van der Waals surface area contributed by atoms with Crippen LogP contribution in [0.1, 0.15) is 16.5 Å². The van der Waals surface area contributed by atoms with Crippen molar-refractivity contribution in [3.8, 4) is 5.75 Å². The van der Waals surface area contributed by atoms with Gasteiger partial charge in [-0.15, -0.1) is 10.4 Å². The monoisotopic (exact) mass is 374 g/mol. The maximum Gasteiger partial charge on any atom is 0.303 e. The smallest absolute Gasteiger partial charge is 0.303 e. The van der Waals surface area contributed by atoms with Gasteiger partial charge in [0.15, 0.2) is 0 Å². The van der Waals surface area contributed by atoms with E-state index in [4.69, 9.17) is 4.74 Å². The number of ether oxygens (including phenoxy) is 1. The number of thioether (sulfide) groups is 1. The summed E-state index contributed by atoms with van der Waals surface area (Å²) in [7, 11) is 1.45. The Bertz CT molecular complexity index is 840. The van der Waals surface area contributed by atoms with E-state index in [1.807, 2.05) is 30.3 Å². The molecule has 1 heterocycles. The van der Waals surface area contributed by atoms with E-state index < -0.39 is 4.92 Å². The van der Waals surface area contributed by atoms with Crippen LogP contribution in [-0.2, 0) is 0 Å². The summed E-state index contributed by atoms with van der Waals surface area (Å²) in [4.78, 5) is -1.58. The highest BCUT2D eigenvalue weighted by molar-refractivity contribution is 8.02. The number of hydroxylamine groups is 2. The van der Waals surface area contributed by atoms with Gasteiger partial charge in [-0.2, -0.15) is 5.43 Å². The lowest BCUT2D eigenvalue weighted by molar-refractivity contribution is -1.21. The van der Waals surface area contributed by atoms with Crippen LogP contribution < -0.4 is 15.5 Å². The number of quaternary nitrogens is 1. The van der Waals surface area contributed by atoms with Gasteiger partial charge in [0.05, 0.1) is 17.4 Å². The highest BCUT2D eigenvalue weighted by Gasteiger charge is 2.37. The van der Waals surface area contributed by atoms with E-state index >= 15 is 0 Å². The van der Waals surface area contributed by atoms with Crippen molar-refractivity contribution < 1.29 is 25.2 Å². The number of nitrogens with one attached hydrogen (secondary N) is 2. The Kier molecular flexibility index (Phi) is 5.10. The normalized spacial score (nSPS) is 16.6. The van der Waals surface area contributed by atoms with Crippen molar-refractivity contribution >= 4 is 23.2 Å². The number of nitrogens with zero attached hydrogens (tertiary/aromatic N) is 1. The molecule has 7 nitrogen and oxygen atoms in total. The third-order valence-corrected chi connectivity index (χ3v) is 4.87. The SMILES string of the molecule is C=C(O)c1ccc(N[N+](O)(O)C2=CSC(c3ccccc3)N2)c(OC)c1. The molecular weight excluding hydrogens is 354 g/mol. The molecule has 1 aliphatic rings. The molecule has 0 saturated carbocycles. The van der Waals surface area contributed by atoms with Gasteiger partial charge in [-0.05, 0) is 23.8 Å². The van der Waals surface area contributed by atoms with Crippen molar-refractivity contribution in [2.45, 2.75) is 5.37 Å². The third kappa shape index (κ3) is 3.78. The summed E-state index contributed by atoms with van der Waals surface area (Å²) < 4.78 is 5.24. The van der Waals surface area contributed by atoms with E-state index in [2.05, 4.69) is 17.3 Å². The predicted molar refractivity (Wildman–Crippen MR) is 100 cm³/mol. The number of benzene rings is 2. The average molecular weight is 374 g/mol. The number of hydrogen-bond donors (Lipinski definition) is 5. The molecule has 0 aromatic heterocycles.